The fraction of sp³-hybridized carbons (Fsp3) is 0.280. The number of nitrogens with zero attached hydrogens (tertiary/aromatic N) is 7. The third-order valence-electron chi connectivity index (χ3n) is 6.13. The molecule has 3 N–H and O–H groups in total. The second-order valence-electron chi connectivity index (χ2n) is 8.52. The largest absolute Gasteiger partial charge is 0.494 e. The van der Waals surface area contributed by atoms with Crippen LogP contribution in [0, 0.1) is 0 Å². The minimum absolute atomic E-state index is 0.0431. The molecule has 5 rings (SSSR count). The first-order chi connectivity index (χ1) is 18.0. The van der Waals surface area contributed by atoms with Gasteiger partial charge in [-0.1, -0.05) is 23.4 Å². The van der Waals surface area contributed by atoms with Crippen LogP contribution in [0.5, 0.6) is 5.75 Å². The Morgan fingerprint density at radius 3 is 2.76 bits per heavy atom. The first-order valence-corrected chi connectivity index (χ1v) is 12.0. The van der Waals surface area contributed by atoms with Gasteiger partial charge >= 0.3 is 0 Å². The number of nitrogens with two attached hydrogens (primary N) is 1. The van der Waals surface area contributed by atoms with Crippen molar-refractivity contribution in [2.24, 2.45) is 5.10 Å². The molecule has 0 saturated heterocycles. The number of benzene rings is 2. The standard InChI is InChI=1S/C25H27N9O3/c1-3-36-19-12-10-17(11-13-19)16(2)27-29-25(35)22-21(34(32-28-22)24-23(26)30-37-31-24)15-33-14-6-8-18-7-4-5-9-20(18)33/h4-5,7,9-13H,3,6,8,14-15H2,1-2H3,(H2,26,30)(H,29,35)/b27-16+. The number of aryl methyl sites for hydroxylation is 1. The Kier molecular flexibility index (Phi) is 6.79. The molecule has 1 aliphatic heterocycles. The molecule has 4 aromatic rings. The molecule has 0 saturated carbocycles. The number of para-hydroxylation sites is 1. The Morgan fingerprint density at radius 1 is 1.19 bits per heavy atom. The highest BCUT2D eigenvalue weighted by molar-refractivity contribution is 6.00. The van der Waals surface area contributed by atoms with E-state index in [0.717, 1.165) is 36.4 Å². The van der Waals surface area contributed by atoms with Crippen molar-refractivity contribution in [3.63, 3.8) is 0 Å². The smallest absolute Gasteiger partial charge is 0.293 e. The number of amides is 1. The van der Waals surface area contributed by atoms with Gasteiger partial charge in [0.2, 0.25) is 11.6 Å². The summed E-state index contributed by atoms with van der Waals surface area (Å²) in [5.41, 5.74) is 12.9. The summed E-state index contributed by atoms with van der Waals surface area (Å²) in [7, 11) is 0. The molecule has 0 fully saturated rings. The maximum atomic E-state index is 13.2. The average molecular weight is 502 g/mol. The fourth-order valence-corrected chi connectivity index (χ4v) is 4.30. The molecular formula is C25H27N9O3. The molecule has 190 valence electrons. The van der Waals surface area contributed by atoms with Crippen LogP contribution in [0.2, 0.25) is 0 Å². The summed E-state index contributed by atoms with van der Waals surface area (Å²) in [6.07, 6.45) is 1.98. The average Bonchev–Trinajstić information content (AvgIpc) is 3.53. The number of hydrazone groups is 1. The van der Waals surface area contributed by atoms with E-state index in [2.05, 4.69) is 48.2 Å². The Labute approximate surface area is 213 Å². The summed E-state index contributed by atoms with van der Waals surface area (Å²) in [6.45, 7) is 5.48. The van der Waals surface area contributed by atoms with Crippen LogP contribution in [0.15, 0.2) is 58.3 Å². The number of carbonyl (C=O) groups is 1. The van der Waals surface area contributed by atoms with Crippen molar-refractivity contribution < 1.29 is 14.2 Å². The SMILES string of the molecule is CCOc1ccc(/C(C)=N/NC(=O)c2nnn(-c3nonc3N)c2CN2CCCc3ccccc32)cc1. The van der Waals surface area contributed by atoms with E-state index in [4.69, 9.17) is 15.1 Å². The molecule has 0 spiro atoms. The summed E-state index contributed by atoms with van der Waals surface area (Å²) in [5, 5.41) is 20.1. The van der Waals surface area contributed by atoms with Crippen molar-refractivity contribution >= 4 is 23.1 Å². The molecular weight excluding hydrogens is 474 g/mol. The van der Waals surface area contributed by atoms with Crippen LogP contribution in [0.1, 0.15) is 47.6 Å². The zero-order valence-electron chi connectivity index (χ0n) is 20.6. The van der Waals surface area contributed by atoms with E-state index in [1.807, 2.05) is 43.3 Å². The zero-order chi connectivity index (χ0) is 25.8. The monoisotopic (exact) mass is 501 g/mol. The number of fused-ring (bicyclic) bond motifs is 1. The maximum Gasteiger partial charge on any atom is 0.293 e. The van der Waals surface area contributed by atoms with Crippen LogP contribution < -0.4 is 20.8 Å². The summed E-state index contributed by atoms with van der Waals surface area (Å²) >= 11 is 0. The van der Waals surface area contributed by atoms with Gasteiger partial charge in [0.25, 0.3) is 5.91 Å². The molecule has 1 aliphatic rings. The van der Waals surface area contributed by atoms with Crippen molar-refractivity contribution in [2.45, 2.75) is 33.2 Å². The van der Waals surface area contributed by atoms with E-state index in [9.17, 15) is 4.79 Å². The van der Waals surface area contributed by atoms with Gasteiger partial charge in [0.1, 0.15) is 5.75 Å². The molecule has 1 amide bonds. The first kappa shape index (κ1) is 24.0. The number of hydrogen-bond donors (Lipinski definition) is 2. The topological polar surface area (TPSA) is 150 Å². The zero-order valence-corrected chi connectivity index (χ0v) is 20.6. The highest BCUT2D eigenvalue weighted by Crippen LogP contribution is 2.29. The second kappa shape index (κ2) is 10.5. The van der Waals surface area contributed by atoms with Gasteiger partial charge in [-0.15, -0.1) is 5.10 Å². The lowest BCUT2D eigenvalue weighted by Gasteiger charge is -2.31. The van der Waals surface area contributed by atoms with E-state index in [1.165, 1.54) is 10.2 Å². The van der Waals surface area contributed by atoms with E-state index < -0.39 is 5.91 Å². The molecule has 3 heterocycles. The predicted molar refractivity (Wildman–Crippen MR) is 137 cm³/mol. The molecule has 0 bridgehead atoms. The van der Waals surface area contributed by atoms with Gasteiger partial charge < -0.3 is 15.4 Å². The molecule has 2 aromatic heterocycles. The summed E-state index contributed by atoms with van der Waals surface area (Å²) in [5.74, 6) is 0.472. The normalized spacial score (nSPS) is 13.4. The van der Waals surface area contributed by atoms with Crippen molar-refractivity contribution in [3.8, 4) is 11.6 Å². The molecule has 0 unspecified atom stereocenters. The Balaban J connectivity index is 1.43. The number of ether oxygens (including phenoxy) is 1. The maximum absolute atomic E-state index is 13.2. The van der Waals surface area contributed by atoms with Gasteiger partial charge in [0.15, 0.2) is 5.69 Å². The number of aromatic nitrogens is 5. The van der Waals surface area contributed by atoms with Crippen LogP contribution in [0.3, 0.4) is 0 Å². The van der Waals surface area contributed by atoms with Crippen molar-refractivity contribution in [3.05, 3.63) is 71.0 Å². The van der Waals surface area contributed by atoms with Crippen LogP contribution in [-0.4, -0.2) is 50.1 Å². The lowest BCUT2D eigenvalue weighted by Crippen LogP contribution is -2.31. The lowest BCUT2D eigenvalue weighted by atomic mass is 10.0. The number of anilines is 2. The summed E-state index contributed by atoms with van der Waals surface area (Å²) in [4.78, 5) is 15.4. The van der Waals surface area contributed by atoms with Gasteiger partial charge in [-0.2, -0.15) is 9.78 Å². The first-order valence-electron chi connectivity index (χ1n) is 12.0. The summed E-state index contributed by atoms with van der Waals surface area (Å²) < 4.78 is 11.6. The molecule has 2 aromatic carbocycles. The number of hydrogen-bond acceptors (Lipinski definition) is 10. The van der Waals surface area contributed by atoms with Gasteiger partial charge in [0.05, 0.1) is 24.6 Å². The minimum atomic E-state index is -0.508. The molecule has 0 atom stereocenters. The Bertz CT molecular complexity index is 1430. The third-order valence-corrected chi connectivity index (χ3v) is 6.13. The number of nitrogens with one attached hydrogen (secondary N) is 1. The molecule has 12 nitrogen and oxygen atoms in total. The number of rotatable bonds is 8. The van der Waals surface area contributed by atoms with Crippen LogP contribution >= 0.6 is 0 Å². The third kappa shape index (κ3) is 4.99. The molecule has 0 aliphatic carbocycles. The second-order valence-corrected chi connectivity index (χ2v) is 8.52. The van der Waals surface area contributed by atoms with E-state index in [-0.39, 0.29) is 17.3 Å². The van der Waals surface area contributed by atoms with Crippen LogP contribution in [0.25, 0.3) is 5.82 Å². The van der Waals surface area contributed by atoms with Crippen LogP contribution in [-0.2, 0) is 13.0 Å². The van der Waals surface area contributed by atoms with E-state index >= 15 is 0 Å². The molecule has 12 heteroatoms. The van der Waals surface area contributed by atoms with E-state index in [1.54, 1.807) is 6.92 Å². The van der Waals surface area contributed by atoms with Crippen LogP contribution in [0.4, 0.5) is 11.5 Å². The van der Waals surface area contributed by atoms with Crippen molar-refractivity contribution in [1.29, 1.82) is 0 Å². The summed E-state index contributed by atoms with van der Waals surface area (Å²) in [6, 6.07) is 15.7. The van der Waals surface area contributed by atoms with Crippen molar-refractivity contribution in [2.75, 3.05) is 23.8 Å². The number of nitrogen functional groups attached to an aromatic ring is 1. The quantitative estimate of drug-likeness (QED) is 0.274. The molecule has 37 heavy (non-hydrogen) atoms. The van der Waals surface area contributed by atoms with E-state index in [0.29, 0.717) is 24.6 Å². The molecule has 0 radical (unpaired) electrons. The minimum Gasteiger partial charge on any atom is -0.494 e. The van der Waals surface area contributed by atoms with Gasteiger partial charge in [-0.25, -0.2) is 10.1 Å². The predicted octanol–water partition coefficient (Wildman–Crippen LogP) is 2.74. The number of carbonyl (C=O) groups excluding carboxylic acids is 1. The highest BCUT2D eigenvalue weighted by Gasteiger charge is 2.27. The highest BCUT2D eigenvalue weighted by atomic mass is 16.6. The van der Waals surface area contributed by atoms with Gasteiger partial charge in [0, 0.05) is 12.2 Å². The lowest BCUT2D eigenvalue weighted by molar-refractivity contribution is 0.0948. The van der Waals surface area contributed by atoms with Gasteiger partial charge in [-0.3, -0.25) is 4.79 Å². The Hall–Kier alpha value is -4.74. The Morgan fingerprint density at radius 2 is 2.00 bits per heavy atom. The van der Waals surface area contributed by atoms with Crippen molar-refractivity contribution in [1.82, 2.24) is 30.7 Å². The van der Waals surface area contributed by atoms with Gasteiger partial charge in [-0.05, 0) is 78.5 Å². The fourth-order valence-electron chi connectivity index (χ4n) is 4.30.